The van der Waals surface area contributed by atoms with Crippen molar-refractivity contribution in [2.75, 3.05) is 19.7 Å². The zero-order valence-corrected chi connectivity index (χ0v) is 11.1. The van der Waals surface area contributed by atoms with Gasteiger partial charge in [0.15, 0.2) is 0 Å². The van der Waals surface area contributed by atoms with Crippen LogP contribution in [0.3, 0.4) is 0 Å². The quantitative estimate of drug-likeness (QED) is 0.794. The summed E-state index contributed by atoms with van der Waals surface area (Å²) in [7, 11) is 0. The van der Waals surface area contributed by atoms with Gasteiger partial charge in [-0.05, 0) is 62.9 Å². The molecule has 1 saturated heterocycles. The molecule has 94 valence electrons. The molecule has 0 amide bonds. The molecule has 1 aliphatic carbocycles. The molecule has 1 aliphatic heterocycles. The molecule has 0 aromatic rings. The summed E-state index contributed by atoms with van der Waals surface area (Å²) in [5.74, 6) is 1.71. The van der Waals surface area contributed by atoms with Gasteiger partial charge in [0.2, 0.25) is 0 Å². The number of hydrogen-bond donors (Lipinski definition) is 1. The molecule has 1 unspecified atom stereocenters. The number of rotatable bonds is 4. The summed E-state index contributed by atoms with van der Waals surface area (Å²) in [4.78, 5) is 0. The Morgan fingerprint density at radius 2 is 2.12 bits per heavy atom. The van der Waals surface area contributed by atoms with Crippen molar-refractivity contribution in [2.45, 2.75) is 52.6 Å². The fraction of sp³-hybridized carbons (Fsp3) is 1.00. The van der Waals surface area contributed by atoms with E-state index in [4.69, 9.17) is 4.74 Å². The van der Waals surface area contributed by atoms with Crippen molar-refractivity contribution in [3.63, 3.8) is 0 Å². The zero-order chi connectivity index (χ0) is 11.6. The molecule has 0 aromatic heterocycles. The molecule has 0 aromatic carbocycles. The lowest BCUT2D eigenvalue weighted by molar-refractivity contribution is -0.119. The van der Waals surface area contributed by atoms with Crippen LogP contribution in [-0.2, 0) is 4.74 Å². The molecule has 1 N–H and O–H groups in total. The van der Waals surface area contributed by atoms with Gasteiger partial charge in [-0.15, -0.1) is 0 Å². The van der Waals surface area contributed by atoms with Crippen LogP contribution in [0.15, 0.2) is 0 Å². The third kappa shape index (κ3) is 2.43. The highest BCUT2D eigenvalue weighted by atomic mass is 16.5. The average molecular weight is 225 g/mol. The predicted molar refractivity (Wildman–Crippen MR) is 67.5 cm³/mol. The molecule has 2 fully saturated rings. The van der Waals surface area contributed by atoms with Crippen molar-refractivity contribution in [3.05, 3.63) is 0 Å². The van der Waals surface area contributed by atoms with Crippen LogP contribution in [0.2, 0.25) is 0 Å². The molecule has 1 spiro atoms. The van der Waals surface area contributed by atoms with Crippen molar-refractivity contribution in [2.24, 2.45) is 17.3 Å². The Kier molecular flexibility index (Phi) is 3.91. The van der Waals surface area contributed by atoms with Crippen molar-refractivity contribution < 1.29 is 4.74 Å². The Balaban J connectivity index is 1.90. The van der Waals surface area contributed by atoms with Gasteiger partial charge in [-0.2, -0.15) is 0 Å². The minimum absolute atomic E-state index is 0.567. The molecule has 2 aliphatic rings. The summed E-state index contributed by atoms with van der Waals surface area (Å²) in [6, 6.07) is 0. The lowest BCUT2D eigenvalue weighted by atomic mass is 9.55. The molecule has 1 saturated carbocycles. The van der Waals surface area contributed by atoms with Crippen LogP contribution < -0.4 is 5.32 Å². The van der Waals surface area contributed by atoms with Crippen LogP contribution in [0.5, 0.6) is 0 Å². The maximum absolute atomic E-state index is 5.74. The van der Waals surface area contributed by atoms with E-state index in [9.17, 15) is 0 Å². The van der Waals surface area contributed by atoms with Gasteiger partial charge in [0.25, 0.3) is 0 Å². The number of piperidine rings is 1. The topological polar surface area (TPSA) is 21.3 Å². The summed E-state index contributed by atoms with van der Waals surface area (Å²) in [6.45, 7) is 10.1. The van der Waals surface area contributed by atoms with E-state index in [0.29, 0.717) is 11.5 Å². The van der Waals surface area contributed by atoms with Gasteiger partial charge in [0.1, 0.15) is 0 Å². The number of nitrogens with one attached hydrogen (secondary N) is 1. The van der Waals surface area contributed by atoms with E-state index >= 15 is 0 Å². The van der Waals surface area contributed by atoms with E-state index in [1.54, 1.807) is 0 Å². The fourth-order valence-electron chi connectivity index (χ4n) is 3.67. The van der Waals surface area contributed by atoms with Crippen molar-refractivity contribution in [3.8, 4) is 0 Å². The normalized spacial score (nSPS) is 39.0. The van der Waals surface area contributed by atoms with Gasteiger partial charge in [-0.3, -0.25) is 0 Å². The molecule has 0 radical (unpaired) electrons. The van der Waals surface area contributed by atoms with Crippen LogP contribution in [0.1, 0.15) is 46.5 Å². The molecule has 1 atom stereocenters. The van der Waals surface area contributed by atoms with Crippen LogP contribution in [0, 0.1) is 17.3 Å². The summed E-state index contributed by atoms with van der Waals surface area (Å²) in [5, 5.41) is 3.57. The molecule has 16 heavy (non-hydrogen) atoms. The third-order valence-electron chi connectivity index (χ3n) is 4.48. The Hall–Kier alpha value is -0.0800. The van der Waals surface area contributed by atoms with Crippen LogP contribution in [0.4, 0.5) is 0 Å². The lowest BCUT2D eigenvalue weighted by Gasteiger charge is -2.55. The Labute approximate surface area is 100 Å². The van der Waals surface area contributed by atoms with Gasteiger partial charge < -0.3 is 10.1 Å². The lowest BCUT2D eigenvalue weighted by Crippen LogP contribution is -2.55. The van der Waals surface area contributed by atoms with Gasteiger partial charge in [0.05, 0.1) is 6.10 Å². The zero-order valence-electron chi connectivity index (χ0n) is 11.1. The molecule has 2 rings (SSSR count). The summed E-state index contributed by atoms with van der Waals surface area (Å²) >= 11 is 0. The molecule has 2 nitrogen and oxygen atoms in total. The van der Waals surface area contributed by atoms with Gasteiger partial charge >= 0.3 is 0 Å². The minimum Gasteiger partial charge on any atom is -0.378 e. The van der Waals surface area contributed by atoms with E-state index in [-0.39, 0.29) is 0 Å². The highest BCUT2D eigenvalue weighted by molar-refractivity contribution is 5.02. The van der Waals surface area contributed by atoms with Crippen LogP contribution in [0.25, 0.3) is 0 Å². The van der Waals surface area contributed by atoms with Crippen molar-refractivity contribution in [1.29, 1.82) is 0 Å². The van der Waals surface area contributed by atoms with Crippen molar-refractivity contribution in [1.82, 2.24) is 5.32 Å². The van der Waals surface area contributed by atoms with E-state index in [1.807, 2.05) is 0 Å². The Morgan fingerprint density at radius 3 is 2.75 bits per heavy atom. The van der Waals surface area contributed by atoms with Crippen LogP contribution in [-0.4, -0.2) is 25.8 Å². The first-order chi connectivity index (χ1) is 7.66. The number of ether oxygens (including phenoxy) is 1. The van der Waals surface area contributed by atoms with Gasteiger partial charge in [-0.1, -0.05) is 13.8 Å². The van der Waals surface area contributed by atoms with E-state index in [0.717, 1.165) is 18.4 Å². The molecule has 1 heterocycles. The largest absolute Gasteiger partial charge is 0.378 e. The van der Waals surface area contributed by atoms with E-state index in [2.05, 4.69) is 26.1 Å². The predicted octanol–water partition coefficient (Wildman–Crippen LogP) is 2.83. The monoisotopic (exact) mass is 225 g/mol. The van der Waals surface area contributed by atoms with E-state index < -0.39 is 0 Å². The second kappa shape index (κ2) is 5.05. The van der Waals surface area contributed by atoms with Gasteiger partial charge in [-0.25, -0.2) is 0 Å². The second-order valence-corrected chi connectivity index (χ2v) is 6.13. The first kappa shape index (κ1) is 12.4. The minimum atomic E-state index is 0.567. The number of hydrogen-bond acceptors (Lipinski definition) is 2. The van der Waals surface area contributed by atoms with Crippen LogP contribution >= 0.6 is 0 Å². The summed E-state index contributed by atoms with van der Waals surface area (Å²) in [5.41, 5.74) is 0.634. The smallest absolute Gasteiger partial charge is 0.0585 e. The first-order valence-electron chi connectivity index (χ1n) is 6.98. The van der Waals surface area contributed by atoms with E-state index in [1.165, 1.54) is 38.8 Å². The molecule has 0 bridgehead atoms. The summed E-state index contributed by atoms with van der Waals surface area (Å²) < 4.78 is 5.74. The third-order valence-corrected chi connectivity index (χ3v) is 4.48. The SMILES string of the molecule is CCOC1CC2(CCNCC2CC(C)C)C1. The standard InChI is InChI=1S/C14H27NO/c1-4-16-13-8-14(9-13)5-6-15-10-12(14)7-11(2)3/h11-13,15H,4-10H2,1-3H3. The Bertz CT molecular complexity index is 221. The molecule has 2 heteroatoms. The van der Waals surface area contributed by atoms with Crippen molar-refractivity contribution >= 4 is 0 Å². The molecular formula is C14H27NO. The van der Waals surface area contributed by atoms with Gasteiger partial charge in [0, 0.05) is 6.61 Å². The maximum atomic E-state index is 5.74. The summed E-state index contributed by atoms with van der Waals surface area (Å²) in [6.07, 6.45) is 5.96. The maximum Gasteiger partial charge on any atom is 0.0585 e. The second-order valence-electron chi connectivity index (χ2n) is 6.13. The molecular weight excluding hydrogens is 198 g/mol. The highest BCUT2D eigenvalue weighted by Crippen LogP contribution is 2.53. The Morgan fingerprint density at radius 1 is 1.38 bits per heavy atom. The first-order valence-corrected chi connectivity index (χ1v) is 6.98. The highest BCUT2D eigenvalue weighted by Gasteiger charge is 2.50. The average Bonchev–Trinajstić information content (AvgIpc) is 2.18. The fourth-order valence-corrected chi connectivity index (χ4v) is 3.67.